The highest BCUT2D eigenvalue weighted by Gasteiger charge is 2.14. The van der Waals surface area contributed by atoms with Crippen LogP contribution >= 0.6 is 0 Å². The summed E-state index contributed by atoms with van der Waals surface area (Å²) in [6, 6.07) is 1.28. The minimum atomic E-state index is -0.320. The Labute approximate surface area is 89.0 Å². The van der Waals surface area contributed by atoms with Crippen LogP contribution in [0.1, 0.15) is 37.3 Å². The molecule has 0 bridgehead atoms. The van der Waals surface area contributed by atoms with Gasteiger partial charge in [0.05, 0.1) is 12.2 Å². The molecule has 0 amide bonds. The number of nitrogens with zero attached hydrogens (tertiary/aromatic N) is 1. The molecule has 0 fully saturated rings. The molecule has 0 aromatic carbocycles. The van der Waals surface area contributed by atoms with Crippen molar-refractivity contribution in [3.05, 3.63) is 41.5 Å². The molecule has 1 aliphatic carbocycles. The lowest BCUT2D eigenvalue weighted by Crippen LogP contribution is -2.15. The number of nitrogens with two attached hydrogens (primary N) is 1. The van der Waals surface area contributed by atoms with Crippen molar-refractivity contribution in [2.75, 3.05) is 0 Å². The lowest BCUT2D eigenvalue weighted by Gasteiger charge is -2.19. The van der Waals surface area contributed by atoms with Crippen LogP contribution < -0.4 is 5.73 Å². The molecule has 1 heterocycles. The second kappa shape index (κ2) is 4.53. The summed E-state index contributed by atoms with van der Waals surface area (Å²) in [5.74, 6) is -0.320. The molecule has 1 unspecified atom stereocenters. The zero-order valence-electron chi connectivity index (χ0n) is 8.62. The average molecular weight is 206 g/mol. The summed E-state index contributed by atoms with van der Waals surface area (Å²) in [6.07, 6.45) is 9.55. The van der Waals surface area contributed by atoms with Gasteiger partial charge in [-0.25, -0.2) is 4.39 Å². The van der Waals surface area contributed by atoms with Crippen LogP contribution in [0.4, 0.5) is 4.39 Å². The smallest absolute Gasteiger partial charge is 0.141 e. The van der Waals surface area contributed by atoms with Crippen molar-refractivity contribution in [1.29, 1.82) is 0 Å². The monoisotopic (exact) mass is 206 g/mol. The van der Waals surface area contributed by atoms with E-state index < -0.39 is 0 Å². The van der Waals surface area contributed by atoms with Gasteiger partial charge in [-0.15, -0.1) is 0 Å². The summed E-state index contributed by atoms with van der Waals surface area (Å²) in [5, 5.41) is 0. The molecule has 2 rings (SSSR count). The van der Waals surface area contributed by atoms with E-state index in [0.717, 1.165) is 18.4 Å². The zero-order valence-corrected chi connectivity index (χ0v) is 8.62. The quantitative estimate of drug-likeness (QED) is 0.755. The molecule has 1 aliphatic rings. The molecule has 0 spiro atoms. The third-order valence-corrected chi connectivity index (χ3v) is 2.81. The first kappa shape index (κ1) is 10.3. The third-order valence-electron chi connectivity index (χ3n) is 2.81. The van der Waals surface area contributed by atoms with Gasteiger partial charge in [-0.05, 0) is 37.3 Å². The fourth-order valence-electron chi connectivity index (χ4n) is 1.96. The Morgan fingerprint density at radius 1 is 1.33 bits per heavy atom. The lowest BCUT2D eigenvalue weighted by atomic mass is 9.91. The second-order valence-corrected chi connectivity index (χ2v) is 3.94. The summed E-state index contributed by atoms with van der Waals surface area (Å²) in [7, 11) is 0. The highest BCUT2D eigenvalue weighted by atomic mass is 19.1. The van der Waals surface area contributed by atoms with E-state index in [9.17, 15) is 4.39 Å². The van der Waals surface area contributed by atoms with Crippen molar-refractivity contribution >= 4 is 0 Å². The standard InChI is InChI=1S/C12H15FN2/c13-11-6-10(7-15-8-11)12(14)9-4-2-1-3-5-9/h4,6-8,12H,1-3,5,14H2. The Bertz CT molecular complexity index is 374. The molecule has 1 aromatic rings. The Balaban J connectivity index is 2.19. The Kier molecular flexibility index (Phi) is 3.11. The van der Waals surface area contributed by atoms with E-state index in [1.807, 2.05) is 0 Å². The first-order chi connectivity index (χ1) is 7.27. The van der Waals surface area contributed by atoms with Crippen LogP contribution in [0.2, 0.25) is 0 Å². The van der Waals surface area contributed by atoms with Crippen LogP contribution in [0.5, 0.6) is 0 Å². The summed E-state index contributed by atoms with van der Waals surface area (Å²) in [6.45, 7) is 0. The van der Waals surface area contributed by atoms with Crippen LogP contribution in [-0.4, -0.2) is 4.98 Å². The molecule has 1 atom stereocenters. The van der Waals surface area contributed by atoms with Crippen molar-refractivity contribution in [3.63, 3.8) is 0 Å². The van der Waals surface area contributed by atoms with Gasteiger partial charge >= 0.3 is 0 Å². The molecule has 0 aliphatic heterocycles. The van der Waals surface area contributed by atoms with Crippen LogP contribution in [0, 0.1) is 5.82 Å². The maximum absolute atomic E-state index is 13.0. The number of pyridine rings is 1. The molecule has 3 heteroatoms. The fourth-order valence-corrected chi connectivity index (χ4v) is 1.96. The zero-order chi connectivity index (χ0) is 10.7. The van der Waals surface area contributed by atoms with Gasteiger partial charge in [-0.2, -0.15) is 0 Å². The van der Waals surface area contributed by atoms with Crippen molar-refractivity contribution < 1.29 is 4.39 Å². The van der Waals surface area contributed by atoms with Crippen molar-refractivity contribution in [1.82, 2.24) is 4.98 Å². The van der Waals surface area contributed by atoms with Gasteiger partial charge in [-0.3, -0.25) is 4.98 Å². The van der Waals surface area contributed by atoms with Gasteiger partial charge in [0.2, 0.25) is 0 Å². The summed E-state index contributed by atoms with van der Waals surface area (Å²) >= 11 is 0. The molecule has 15 heavy (non-hydrogen) atoms. The number of hydrogen-bond acceptors (Lipinski definition) is 2. The molecule has 80 valence electrons. The predicted molar refractivity (Wildman–Crippen MR) is 57.7 cm³/mol. The fraction of sp³-hybridized carbons (Fsp3) is 0.417. The van der Waals surface area contributed by atoms with E-state index >= 15 is 0 Å². The second-order valence-electron chi connectivity index (χ2n) is 3.94. The SMILES string of the molecule is NC(C1=CCCCC1)c1cncc(F)c1. The van der Waals surface area contributed by atoms with Crippen LogP contribution in [0.3, 0.4) is 0 Å². The molecular weight excluding hydrogens is 191 g/mol. The van der Waals surface area contributed by atoms with Crippen molar-refractivity contribution in [3.8, 4) is 0 Å². The van der Waals surface area contributed by atoms with E-state index in [4.69, 9.17) is 5.73 Å². The van der Waals surface area contributed by atoms with E-state index in [1.54, 1.807) is 6.20 Å². The van der Waals surface area contributed by atoms with E-state index in [1.165, 1.54) is 30.7 Å². The number of hydrogen-bond donors (Lipinski definition) is 1. The summed E-state index contributed by atoms with van der Waals surface area (Å²) in [4.78, 5) is 3.82. The van der Waals surface area contributed by atoms with Gasteiger partial charge < -0.3 is 5.73 Å². The molecule has 0 radical (unpaired) electrons. The number of aromatic nitrogens is 1. The maximum Gasteiger partial charge on any atom is 0.141 e. The van der Waals surface area contributed by atoms with E-state index in [-0.39, 0.29) is 11.9 Å². The number of rotatable bonds is 2. The first-order valence-electron chi connectivity index (χ1n) is 5.32. The van der Waals surface area contributed by atoms with Gasteiger partial charge in [-0.1, -0.05) is 11.6 Å². The van der Waals surface area contributed by atoms with Crippen LogP contribution in [-0.2, 0) is 0 Å². The summed E-state index contributed by atoms with van der Waals surface area (Å²) < 4.78 is 13.0. The average Bonchev–Trinajstić information content (AvgIpc) is 2.29. The third kappa shape index (κ3) is 2.42. The van der Waals surface area contributed by atoms with Gasteiger partial charge in [0.15, 0.2) is 0 Å². The Morgan fingerprint density at radius 2 is 2.20 bits per heavy atom. The lowest BCUT2D eigenvalue weighted by molar-refractivity contribution is 0.609. The maximum atomic E-state index is 13.0. The predicted octanol–water partition coefficient (Wildman–Crippen LogP) is 2.72. The van der Waals surface area contributed by atoms with E-state index in [0.29, 0.717) is 0 Å². The van der Waals surface area contributed by atoms with Crippen LogP contribution in [0.15, 0.2) is 30.1 Å². The highest BCUT2D eigenvalue weighted by Crippen LogP contribution is 2.27. The Hall–Kier alpha value is -1.22. The van der Waals surface area contributed by atoms with E-state index in [2.05, 4.69) is 11.1 Å². The highest BCUT2D eigenvalue weighted by molar-refractivity contribution is 5.26. The summed E-state index contributed by atoms with van der Waals surface area (Å²) in [5.41, 5.74) is 8.05. The number of allylic oxidation sites excluding steroid dienone is 1. The first-order valence-corrected chi connectivity index (χ1v) is 5.32. The molecule has 2 N–H and O–H groups in total. The number of halogens is 1. The molecule has 2 nitrogen and oxygen atoms in total. The minimum Gasteiger partial charge on any atom is -0.320 e. The Morgan fingerprint density at radius 3 is 2.87 bits per heavy atom. The molecule has 0 saturated carbocycles. The van der Waals surface area contributed by atoms with Gasteiger partial charge in [0, 0.05) is 6.20 Å². The van der Waals surface area contributed by atoms with Crippen LogP contribution in [0.25, 0.3) is 0 Å². The van der Waals surface area contributed by atoms with Crippen molar-refractivity contribution in [2.24, 2.45) is 5.73 Å². The van der Waals surface area contributed by atoms with Gasteiger partial charge in [0.25, 0.3) is 0 Å². The normalized spacial score (nSPS) is 18.4. The largest absolute Gasteiger partial charge is 0.320 e. The van der Waals surface area contributed by atoms with Gasteiger partial charge in [0.1, 0.15) is 5.82 Å². The minimum absolute atomic E-state index is 0.187. The molecule has 1 aromatic heterocycles. The molecular formula is C12H15FN2. The van der Waals surface area contributed by atoms with Crippen molar-refractivity contribution in [2.45, 2.75) is 31.7 Å². The topological polar surface area (TPSA) is 38.9 Å². The molecule has 0 saturated heterocycles.